The van der Waals surface area contributed by atoms with E-state index in [2.05, 4.69) is 43.4 Å². The lowest BCUT2D eigenvalue weighted by atomic mass is 9.70. The smallest absolute Gasteiger partial charge is 0.166 e. The van der Waals surface area contributed by atoms with Gasteiger partial charge in [0, 0.05) is 21.8 Å². The Hall–Kier alpha value is -1.37. The highest BCUT2D eigenvalue weighted by molar-refractivity contribution is 14.1. The quantitative estimate of drug-likeness (QED) is 0.258. The van der Waals surface area contributed by atoms with Crippen molar-refractivity contribution in [2.24, 2.45) is 11.3 Å². The molecule has 2 rings (SSSR count). The lowest BCUT2D eigenvalue weighted by molar-refractivity contribution is -0.116. The average molecular weight is 498 g/mol. The number of ether oxygens (including phenoxy) is 2. The van der Waals surface area contributed by atoms with Gasteiger partial charge < -0.3 is 9.47 Å². The summed E-state index contributed by atoms with van der Waals surface area (Å²) in [5.74, 6) is 1.06. The minimum atomic E-state index is -0.268. The molecule has 5 heteroatoms. The zero-order valence-corrected chi connectivity index (χ0v) is 19.9. The third kappa shape index (κ3) is 4.97. The molecule has 28 heavy (non-hydrogen) atoms. The number of hydrogen-bond donors (Lipinski definition) is 0. The monoisotopic (exact) mass is 498 g/mol. The van der Waals surface area contributed by atoms with E-state index >= 15 is 0 Å². The molecular weight excluding hydrogens is 467 g/mol. The zero-order chi connectivity index (χ0) is 21.1. The van der Waals surface area contributed by atoms with Crippen molar-refractivity contribution < 1.29 is 19.1 Å². The van der Waals surface area contributed by atoms with Gasteiger partial charge in [0.05, 0.1) is 14.2 Å². The number of rotatable bonds is 8. The second-order valence-corrected chi connectivity index (χ2v) is 9.86. The molecule has 0 N–H and O–H groups in total. The van der Waals surface area contributed by atoms with Crippen molar-refractivity contribution >= 4 is 34.2 Å². The predicted octanol–water partition coefficient (Wildman–Crippen LogP) is 5.81. The van der Waals surface area contributed by atoms with Crippen molar-refractivity contribution in [1.29, 1.82) is 0 Å². The van der Waals surface area contributed by atoms with Gasteiger partial charge in [-0.1, -0.05) is 48.9 Å². The molecule has 1 aliphatic carbocycles. The van der Waals surface area contributed by atoms with Crippen molar-refractivity contribution in [2.45, 2.75) is 57.3 Å². The summed E-state index contributed by atoms with van der Waals surface area (Å²) in [5, 5.41) is 0. The van der Waals surface area contributed by atoms with Crippen LogP contribution < -0.4 is 9.47 Å². The molecule has 0 fully saturated rings. The van der Waals surface area contributed by atoms with Crippen LogP contribution in [0, 0.1) is 11.3 Å². The van der Waals surface area contributed by atoms with Gasteiger partial charge in [-0.2, -0.15) is 0 Å². The van der Waals surface area contributed by atoms with Crippen LogP contribution in [0.5, 0.6) is 11.5 Å². The number of carbonyl (C=O) groups excluding carboxylic acids is 2. The van der Waals surface area contributed by atoms with Crippen LogP contribution >= 0.6 is 22.6 Å². The van der Waals surface area contributed by atoms with Crippen LogP contribution in [-0.4, -0.2) is 29.7 Å². The lowest BCUT2D eigenvalue weighted by Gasteiger charge is -2.34. The van der Waals surface area contributed by atoms with E-state index in [1.165, 1.54) is 5.57 Å². The van der Waals surface area contributed by atoms with Crippen LogP contribution in [0.25, 0.3) is 0 Å². The zero-order valence-electron chi connectivity index (χ0n) is 17.7. The van der Waals surface area contributed by atoms with E-state index in [4.69, 9.17) is 9.47 Å². The molecule has 0 aromatic heterocycles. The number of ketones is 2. The Balaban J connectivity index is 2.15. The van der Waals surface area contributed by atoms with E-state index in [0.29, 0.717) is 23.5 Å². The first-order chi connectivity index (χ1) is 13.1. The van der Waals surface area contributed by atoms with Gasteiger partial charge in [0.15, 0.2) is 23.1 Å². The van der Waals surface area contributed by atoms with Gasteiger partial charge >= 0.3 is 0 Å². The molecule has 154 valence electrons. The first-order valence-corrected chi connectivity index (χ1v) is 11.0. The maximum Gasteiger partial charge on any atom is 0.166 e. The Bertz CT molecular complexity index is 779. The Kier molecular flexibility index (Phi) is 7.71. The van der Waals surface area contributed by atoms with Gasteiger partial charge in [-0.05, 0) is 55.4 Å². The van der Waals surface area contributed by atoms with E-state index in [1.54, 1.807) is 32.4 Å². The molecule has 4 nitrogen and oxygen atoms in total. The molecule has 0 amide bonds. The summed E-state index contributed by atoms with van der Waals surface area (Å²) >= 11 is 2.25. The van der Waals surface area contributed by atoms with Crippen molar-refractivity contribution in [3.63, 3.8) is 0 Å². The van der Waals surface area contributed by atoms with E-state index < -0.39 is 0 Å². The van der Waals surface area contributed by atoms with Gasteiger partial charge in [-0.3, -0.25) is 9.59 Å². The van der Waals surface area contributed by atoms with Gasteiger partial charge in [-0.15, -0.1) is 0 Å². The summed E-state index contributed by atoms with van der Waals surface area (Å²) in [6.07, 6.45) is 3.56. The highest BCUT2D eigenvalue weighted by Crippen LogP contribution is 2.41. The third-order valence-electron chi connectivity index (χ3n) is 5.74. The summed E-state index contributed by atoms with van der Waals surface area (Å²) < 4.78 is 10.5. The number of hydrogen-bond acceptors (Lipinski definition) is 4. The van der Waals surface area contributed by atoms with Crippen LogP contribution in [0.4, 0.5) is 0 Å². The molecule has 0 saturated heterocycles. The molecule has 0 aliphatic heterocycles. The molecular formula is C23H31IO4. The number of methoxy groups -OCH3 is 2. The van der Waals surface area contributed by atoms with E-state index in [9.17, 15) is 9.59 Å². The lowest BCUT2D eigenvalue weighted by Crippen LogP contribution is -2.30. The van der Waals surface area contributed by atoms with Crippen molar-refractivity contribution in [2.75, 3.05) is 14.2 Å². The van der Waals surface area contributed by atoms with E-state index in [-0.39, 0.29) is 26.8 Å². The standard InChI is InChI=1S/C23H31IO4/c1-14-8-7-11-23(3,4)21(14)18(25)13-17(24)15(2)22(26)16-9-10-19(27-5)20(12-16)28-6/h9-10,12,15,17H,7-8,11,13H2,1-6H3. The second kappa shape index (κ2) is 9.42. The molecule has 2 unspecified atom stereocenters. The molecule has 0 radical (unpaired) electrons. The number of Topliss-reactive ketones (excluding diaryl/α,β-unsaturated/α-hetero) is 2. The van der Waals surface area contributed by atoms with Crippen LogP contribution in [0.15, 0.2) is 29.3 Å². The predicted molar refractivity (Wildman–Crippen MR) is 121 cm³/mol. The Labute approximate surface area is 182 Å². The summed E-state index contributed by atoms with van der Waals surface area (Å²) in [6.45, 7) is 8.29. The summed E-state index contributed by atoms with van der Waals surface area (Å²) in [7, 11) is 3.12. The maximum atomic E-state index is 13.1. The fourth-order valence-corrected chi connectivity index (χ4v) is 4.84. The fourth-order valence-electron chi connectivity index (χ4n) is 4.11. The van der Waals surface area contributed by atoms with Crippen LogP contribution in [0.2, 0.25) is 0 Å². The largest absolute Gasteiger partial charge is 0.493 e. The fraction of sp³-hybridized carbons (Fsp3) is 0.565. The SMILES string of the molecule is COc1ccc(C(=O)C(C)C(I)CC(=O)C2=C(C)CCCC2(C)C)cc1OC. The van der Waals surface area contributed by atoms with E-state index in [1.807, 2.05) is 6.92 Å². The molecule has 1 aliphatic rings. The van der Waals surface area contributed by atoms with Crippen molar-refractivity contribution in [3.05, 3.63) is 34.9 Å². The van der Waals surface area contributed by atoms with Crippen LogP contribution in [0.3, 0.4) is 0 Å². The van der Waals surface area contributed by atoms with Crippen LogP contribution in [-0.2, 0) is 4.79 Å². The molecule has 0 bridgehead atoms. The number of alkyl halides is 1. The van der Waals surface area contributed by atoms with Crippen molar-refractivity contribution in [1.82, 2.24) is 0 Å². The molecule has 0 heterocycles. The van der Waals surface area contributed by atoms with Gasteiger partial charge in [0.1, 0.15) is 0 Å². The first-order valence-electron chi connectivity index (χ1n) is 9.76. The minimum absolute atomic E-state index is 0.0155. The molecule has 0 spiro atoms. The first kappa shape index (κ1) is 22.9. The second-order valence-electron chi connectivity index (χ2n) is 8.26. The molecule has 2 atom stereocenters. The highest BCUT2D eigenvalue weighted by atomic mass is 127. The summed E-state index contributed by atoms with van der Waals surface area (Å²) in [5.41, 5.74) is 2.69. The minimum Gasteiger partial charge on any atom is -0.493 e. The van der Waals surface area contributed by atoms with Gasteiger partial charge in [0.2, 0.25) is 0 Å². The Morgan fingerprint density at radius 1 is 1.18 bits per heavy atom. The average Bonchev–Trinajstić information content (AvgIpc) is 2.65. The molecule has 1 aromatic rings. The normalized spacial score (nSPS) is 18.4. The summed E-state index contributed by atoms with van der Waals surface area (Å²) in [4.78, 5) is 26.1. The molecule has 1 aromatic carbocycles. The van der Waals surface area contributed by atoms with Crippen LogP contribution in [0.1, 0.15) is 63.7 Å². The molecule has 0 saturated carbocycles. The van der Waals surface area contributed by atoms with Gasteiger partial charge in [-0.25, -0.2) is 0 Å². The van der Waals surface area contributed by atoms with Gasteiger partial charge in [0.25, 0.3) is 0 Å². The Morgan fingerprint density at radius 3 is 2.39 bits per heavy atom. The summed E-state index contributed by atoms with van der Waals surface area (Å²) in [6, 6.07) is 5.20. The van der Waals surface area contributed by atoms with E-state index in [0.717, 1.165) is 24.8 Å². The highest BCUT2D eigenvalue weighted by Gasteiger charge is 2.35. The number of carbonyl (C=O) groups is 2. The maximum absolute atomic E-state index is 13.1. The number of halogens is 1. The third-order valence-corrected chi connectivity index (χ3v) is 7.26. The van der Waals surface area contributed by atoms with Crippen molar-refractivity contribution in [3.8, 4) is 11.5 Å². The topological polar surface area (TPSA) is 52.6 Å². The Morgan fingerprint density at radius 2 is 1.82 bits per heavy atom. The number of benzene rings is 1. The number of allylic oxidation sites excluding steroid dienone is 2.